The first-order valence-electron chi connectivity index (χ1n) is 9.69. The van der Waals surface area contributed by atoms with Crippen LogP contribution >= 0.6 is 11.3 Å². The minimum Gasteiger partial charge on any atom is -0.343 e. The largest absolute Gasteiger partial charge is 0.343 e. The fourth-order valence-electron chi connectivity index (χ4n) is 3.39. The van der Waals surface area contributed by atoms with Crippen molar-refractivity contribution in [3.63, 3.8) is 0 Å². The predicted molar refractivity (Wildman–Crippen MR) is 110 cm³/mol. The number of carbonyl (C=O) groups is 2. The van der Waals surface area contributed by atoms with Crippen molar-refractivity contribution < 1.29 is 14.1 Å². The molecule has 1 N–H and O–H groups in total. The van der Waals surface area contributed by atoms with E-state index in [1.807, 2.05) is 52.7 Å². The minimum atomic E-state index is -0.0662. The molecule has 2 amide bonds. The van der Waals surface area contributed by atoms with Gasteiger partial charge in [-0.1, -0.05) is 29.4 Å². The molecule has 0 radical (unpaired) electrons. The van der Waals surface area contributed by atoms with E-state index in [2.05, 4.69) is 15.5 Å². The van der Waals surface area contributed by atoms with Gasteiger partial charge in [0.15, 0.2) is 0 Å². The van der Waals surface area contributed by atoms with E-state index in [1.165, 1.54) is 0 Å². The molecule has 29 heavy (non-hydrogen) atoms. The molecule has 0 unspecified atom stereocenters. The minimum absolute atomic E-state index is 0.0234. The number of thiophene rings is 1. The molecule has 8 heteroatoms. The summed E-state index contributed by atoms with van der Waals surface area (Å²) in [5.41, 5.74) is 0.803. The van der Waals surface area contributed by atoms with Gasteiger partial charge in [0.25, 0.3) is 0 Å². The molecule has 0 bridgehead atoms. The Bertz CT molecular complexity index is 947. The molecule has 3 heterocycles. The zero-order chi connectivity index (χ0) is 20.1. The van der Waals surface area contributed by atoms with Crippen molar-refractivity contribution in [2.24, 2.45) is 5.92 Å². The third-order valence-corrected chi connectivity index (χ3v) is 5.89. The first kappa shape index (κ1) is 19.3. The van der Waals surface area contributed by atoms with Crippen LogP contribution in [0, 0.1) is 5.92 Å². The summed E-state index contributed by atoms with van der Waals surface area (Å²) >= 11 is 1.55. The highest BCUT2D eigenvalue weighted by Gasteiger charge is 2.27. The van der Waals surface area contributed by atoms with E-state index >= 15 is 0 Å². The van der Waals surface area contributed by atoms with E-state index in [1.54, 1.807) is 11.3 Å². The van der Waals surface area contributed by atoms with Crippen molar-refractivity contribution in [1.29, 1.82) is 0 Å². The van der Waals surface area contributed by atoms with Crippen molar-refractivity contribution in [1.82, 2.24) is 15.0 Å². The van der Waals surface area contributed by atoms with Crippen LogP contribution in [0.25, 0.3) is 10.7 Å². The number of carbonyl (C=O) groups excluding carboxylic acids is 2. The Morgan fingerprint density at radius 2 is 1.93 bits per heavy atom. The van der Waals surface area contributed by atoms with E-state index in [4.69, 9.17) is 4.52 Å². The molecule has 0 aliphatic carbocycles. The van der Waals surface area contributed by atoms with Gasteiger partial charge in [-0.15, -0.1) is 11.3 Å². The highest BCUT2D eigenvalue weighted by Crippen LogP contribution is 2.23. The lowest BCUT2D eigenvalue weighted by Gasteiger charge is -2.31. The molecule has 150 valence electrons. The number of anilines is 1. The Morgan fingerprint density at radius 1 is 1.14 bits per heavy atom. The number of hydrogen-bond acceptors (Lipinski definition) is 6. The molecule has 2 aromatic heterocycles. The molecule has 3 aromatic rings. The third-order valence-electron chi connectivity index (χ3n) is 5.02. The molecule has 1 aliphatic heterocycles. The van der Waals surface area contributed by atoms with Crippen molar-refractivity contribution >= 4 is 28.8 Å². The Balaban J connectivity index is 1.22. The first-order valence-corrected chi connectivity index (χ1v) is 10.6. The van der Waals surface area contributed by atoms with Gasteiger partial charge in [0, 0.05) is 37.5 Å². The van der Waals surface area contributed by atoms with E-state index in [0.717, 1.165) is 10.6 Å². The summed E-state index contributed by atoms with van der Waals surface area (Å²) in [5.74, 6) is 1.05. The van der Waals surface area contributed by atoms with Crippen LogP contribution in [0.2, 0.25) is 0 Å². The molecule has 1 saturated heterocycles. The second kappa shape index (κ2) is 9.00. The summed E-state index contributed by atoms with van der Waals surface area (Å²) in [7, 11) is 0. The summed E-state index contributed by atoms with van der Waals surface area (Å²) in [6, 6.07) is 13.3. The number of hydrogen-bond donors (Lipinski definition) is 1. The van der Waals surface area contributed by atoms with Gasteiger partial charge in [0.05, 0.1) is 4.88 Å². The van der Waals surface area contributed by atoms with Gasteiger partial charge in [-0.2, -0.15) is 4.98 Å². The lowest BCUT2D eigenvalue weighted by atomic mass is 9.95. The van der Waals surface area contributed by atoms with Crippen molar-refractivity contribution in [2.75, 3.05) is 18.4 Å². The summed E-state index contributed by atoms with van der Waals surface area (Å²) in [4.78, 5) is 32.0. The number of nitrogens with zero attached hydrogens (tertiary/aromatic N) is 3. The molecule has 1 aliphatic rings. The highest BCUT2D eigenvalue weighted by molar-refractivity contribution is 7.13. The lowest BCUT2D eigenvalue weighted by molar-refractivity contribution is -0.134. The number of aromatic nitrogens is 2. The van der Waals surface area contributed by atoms with E-state index in [0.29, 0.717) is 50.5 Å². The average Bonchev–Trinajstić information content (AvgIpc) is 3.45. The Morgan fingerprint density at radius 3 is 2.66 bits per heavy atom. The second-order valence-electron chi connectivity index (χ2n) is 7.00. The Hall–Kier alpha value is -3.00. The molecule has 1 aromatic carbocycles. The normalized spacial score (nSPS) is 14.7. The molecule has 1 fully saturated rings. The monoisotopic (exact) mass is 410 g/mol. The number of para-hydroxylation sites is 1. The Kier molecular flexibility index (Phi) is 6.00. The molecule has 4 rings (SSSR count). The van der Waals surface area contributed by atoms with Gasteiger partial charge in [0.1, 0.15) is 0 Å². The summed E-state index contributed by atoms with van der Waals surface area (Å²) in [5, 5.41) is 8.87. The zero-order valence-electron chi connectivity index (χ0n) is 15.9. The van der Waals surface area contributed by atoms with E-state index in [-0.39, 0.29) is 17.7 Å². The Labute approximate surface area is 172 Å². The molecule has 0 spiro atoms. The number of likely N-dealkylation sites (tertiary alicyclic amines) is 1. The predicted octanol–water partition coefficient (Wildman–Crippen LogP) is 3.61. The van der Waals surface area contributed by atoms with Crippen molar-refractivity contribution in [3.8, 4) is 10.7 Å². The fraction of sp³-hybridized carbons (Fsp3) is 0.333. The van der Waals surface area contributed by atoms with Gasteiger partial charge in [-0.05, 0) is 36.4 Å². The second-order valence-corrected chi connectivity index (χ2v) is 7.95. The van der Waals surface area contributed by atoms with Crippen LogP contribution in [0.5, 0.6) is 0 Å². The fourth-order valence-corrected chi connectivity index (χ4v) is 4.04. The average molecular weight is 410 g/mol. The summed E-state index contributed by atoms with van der Waals surface area (Å²) in [6.07, 6.45) is 2.10. The van der Waals surface area contributed by atoms with Crippen LogP contribution in [0.3, 0.4) is 0 Å². The van der Waals surface area contributed by atoms with Crippen molar-refractivity contribution in [2.45, 2.75) is 25.7 Å². The molecule has 0 saturated carbocycles. The number of piperidine rings is 1. The van der Waals surface area contributed by atoms with Crippen LogP contribution in [-0.4, -0.2) is 39.9 Å². The quantitative estimate of drug-likeness (QED) is 0.671. The maximum absolute atomic E-state index is 12.5. The van der Waals surface area contributed by atoms with Crippen LogP contribution in [0.1, 0.15) is 25.2 Å². The number of aryl methyl sites for hydroxylation is 1. The summed E-state index contributed by atoms with van der Waals surface area (Å²) in [6.45, 7) is 1.19. The SMILES string of the molecule is O=C(Nc1ccccc1)C1CCN(C(=O)CCc2nc(-c3cccs3)no2)CC1. The smallest absolute Gasteiger partial charge is 0.227 e. The topological polar surface area (TPSA) is 88.3 Å². The maximum Gasteiger partial charge on any atom is 0.227 e. The number of nitrogens with one attached hydrogen (secondary N) is 1. The van der Waals surface area contributed by atoms with Crippen LogP contribution in [0.15, 0.2) is 52.4 Å². The zero-order valence-corrected chi connectivity index (χ0v) is 16.7. The van der Waals surface area contributed by atoms with Gasteiger partial charge < -0.3 is 14.7 Å². The number of rotatable bonds is 6. The van der Waals surface area contributed by atoms with E-state index in [9.17, 15) is 9.59 Å². The molecule has 7 nitrogen and oxygen atoms in total. The number of amides is 2. The van der Waals surface area contributed by atoms with Crippen LogP contribution in [-0.2, 0) is 16.0 Å². The molecular formula is C21H22N4O3S. The molecular weight excluding hydrogens is 388 g/mol. The van der Waals surface area contributed by atoms with Crippen LogP contribution in [0.4, 0.5) is 5.69 Å². The van der Waals surface area contributed by atoms with E-state index < -0.39 is 0 Å². The highest BCUT2D eigenvalue weighted by atomic mass is 32.1. The van der Waals surface area contributed by atoms with Crippen molar-refractivity contribution in [3.05, 3.63) is 53.7 Å². The number of benzene rings is 1. The third kappa shape index (κ3) is 4.89. The van der Waals surface area contributed by atoms with Gasteiger partial charge in [0.2, 0.25) is 23.5 Å². The first-order chi connectivity index (χ1) is 14.2. The van der Waals surface area contributed by atoms with Gasteiger partial charge >= 0.3 is 0 Å². The molecule has 0 atom stereocenters. The lowest BCUT2D eigenvalue weighted by Crippen LogP contribution is -2.41. The standard InChI is InChI=1S/C21H22N4O3S/c26-19(9-8-18-23-20(24-28-18)17-7-4-14-29-17)25-12-10-15(11-13-25)21(27)22-16-5-2-1-3-6-16/h1-7,14-15H,8-13H2,(H,22,27). The van der Waals surface area contributed by atoms with Crippen LogP contribution < -0.4 is 5.32 Å². The van der Waals surface area contributed by atoms with Gasteiger partial charge in [-0.3, -0.25) is 9.59 Å². The summed E-state index contributed by atoms with van der Waals surface area (Å²) < 4.78 is 5.25. The van der Waals surface area contributed by atoms with Gasteiger partial charge in [-0.25, -0.2) is 0 Å². The maximum atomic E-state index is 12.5.